The first-order chi connectivity index (χ1) is 16.9. The number of halogens is 1. The van der Waals surface area contributed by atoms with Gasteiger partial charge in [-0.3, -0.25) is 19.8 Å². The SMILES string of the molecule is CCOc1ccc(NC(=O)C(=O)Nn2c(C(=O)Nc3ccccc3C)cc3cc(Br)ccc32)cc1. The van der Waals surface area contributed by atoms with Gasteiger partial charge in [0.05, 0.1) is 12.1 Å². The van der Waals surface area contributed by atoms with E-state index in [0.717, 1.165) is 10.0 Å². The normalized spacial score (nSPS) is 10.6. The number of aromatic nitrogens is 1. The standard InChI is InChI=1S/C26H23BrN4O4/c1-3-35-20-11-9-19(10-12-20)28-25(33)26(34)30-31-22-13-8-18(27)14-17(22)15-23(31)24(32)29-21-7-5-4-6-16(21)2/h4-15H,3H2,1-2H3,(H,28,33)(H,29,32)(H,30,34). The number of ether oxygens (including phenoxy) is 1. The van der Waals surface area contributed by atoms with Crippen molar-refractivity contribution in [1.29, 1.82) is 0 Å². The van der Waals surface area contributed by atoms with Crippen molar-refractivity contribution in [1.82, 2.24) is 4.68 Å². The van der Waals surface area contributed by atoms with Gasteiger partial charge in [0.15, 0.2) is 0 Å². The molecule has 8 nitrogen and oxygen atoms in total. The van der Waals surface area contributed by atoms with Crippen molar-refractivity contribution in [3.8, 4) is 5.75 Å². The lowest BCUT2D eigenvalue weighted by Crippen LogP contribution is -2.36. The van der Waals surface area contributed by atoms with Crippen LogP contribution >= 0.6 is 15.9 Å². The van der Waals surface area contributed by atoms with Crippen LogP contribution in [0.4, 0.5) is 11.4 Å². The number of carbonyl (C=O) groups excluding carboxylic acids is 3. The van der Waals surface area contributed by atoms with Crippen molar-refractivity contribution in [3.63, 3.8) is 0 Å². The van der Waals surface area contributed by atoms with E-state index in [0.29, 0.717) is 34.6 Å². The van der Waals surface area contributed by atoms with Crippen LogP contribution < -0.4 is 20.8 Å². The Morgan fingerprint density at radius 2 is 1.66 bits per heavy atom. The van der Waals surface area contributed by atoms with Crippen LogP contribution in [0.3, 0.4) is 0 Å². The van der Waals surface area contributed by atoms with E-state index in [4.69, 9.17) is 4.74 Å². The largest absolute Gasteiger partial charge is 0.494 e. The van der Waals surface area contributed by atoms with Gasteiger partial charge >= 0.3 is 11.8 Å². The molecule has 35 heavy (non-hydrogen) atoms. The number of carbonyl (C=O) groups is 3. The maximum Gasteiger partial charge on any atom is 0.328 e. The Labute approximate surface area is 210 Å². The van der Waals surface area contributed by atoms with Crippen molar-refractivity contribution in [2.75, 3.05) is 22.7 Å². The van der Waals surface area contributed by atoms with E-state index < -0.39 is 17.7 Å². The van der Waals surface area contributed by atoms with Gasteiger partial charge < -0.3 is 15.4 Å². The quantitative estimate of drug-likeness (QED) is 0.300. The summed E-state index contributed by atoms with van der Waals surface area (Å²) >= 11 is 3.42. The summed E-state index contributed by atoms with van der Waals surface area (Å²) in [6, 6.07) is 21.0. The Morgan fingerprint density at radius 3 is 2.37 bits per heavy atom. The highest BCUT2D eigenvalue weighted by atomic mass is 79.9. The number of aryl methyl sites for hydroxylation is 1. The van der Waals surface area contributed by atoms with Crippen molar-refractivity contribution in [3.05, 3.63) is 88.5 Å². The van der Waals surface area contributed by atoms with E-state index >= 15 is 0 Å². The van der Waals surface area contributed by atoms with E-state index in [-0.39, 0.29) is 5.69 Å². The highest BCUT2D eigenvalue weighted by Gasteiger charge is 2.21. The Morgan fingerprint density at radius 1 is 0.914 bits per heavy atom. The summed E-state index contributed by atoms with van der Waals surface area (Å²) in [6.07, 6.45) is 0. The number of rotatable bonds is 6. The highest BCUT2D eigenvalue weighted by molar-refractivity contribution is 9.10. The molecule has 0 fully saturated rings. The zero-order chi connectivity index (χ0) is 24.9. The van der Waals surface area contributed by atoms with Crippen molar-refractivity contribution >= 4 is 55.9 Å². The summed E-state index contributed by atoms with van der Waals surface area (Å²) < 4.78 is 7.51. The van der Waals surface area contributed by atoms with Gasteiger partial charge in [0.1, 0.15) is 11.4 Å². The van der Waals surface area contributed by atoms with E-state index in [1.807, 2.05) is 38.1 Å². The zero-order valence-electron chi connectivity index (χ0n) is 19.1. The minimum atomic E-state index is -0.927. The molecule has 0 bridgehead atoms. The van der Waals surface area contributed by atoms with Crippen LogP contribution in [0, 0.1) is 6.92 Å². The number of benzene rings is 3. The molecule has 9 heteroatoms. The lowest BCUT2D eigenvalue weighted by molar-refractivity contribution is -0.133. The van der Waals surface area contributed by atoms with Crippen LogP contribution in [0.15, 0.2) is 77.3 Å². The van der Waals surface area contributed by atoms with Gasteiger partial charge in [0.25, 0.3) is 5.91 Å². The molecule has 0 saturated heterocycles. The topological polar surface area (TPSA) is 101 Å². The van der Waals surface area contributed by atoms with E-state index in [2.05, 4.69) is 32.0 Å². The third-order valence-electron chi connectivity index (χ3n) is 5.23. The average molecular weight is 535 g/mol. The molecular weight excluding hydrogens is 512 g/mol. The van der Waals surface area contributed by atoms with Crippen LogP contribution in [0.5, 0.6) is 5.75 Å². The summed E-state index contributed by atoms with van der Waals surface area (Å²) in [5.74, 6) is -1.58. The lowest BCUT2D eigenvalue weighted by Gasteiger charge is -2.13. The molecule has 0 unspecified atom stereocenters. The molecule has 1 heterocycles. The van der Waals surface area contributed by atoms with E-state index in [1.54, 1.807) is 48.5 Å². The average Bonchev–Trinajstić information content (AvgIpc) is 3.19. The van der Waals surface area contributed by atoms with Crippen molar-refractivity contribution in [2.24, 2.45) is 0 Å². The first-order valence-corrected chi connectivity index (χ1v) is 11.7. The minimum absolute atomic E-state index is 0.170. The predicted molar refractivity (Wildman–Crippen MR) is 139 cm³/mol. The van der Waals surface area contributed by atoms with Crippen LogP contribution in [0.2, 0.25) is 0 Å². The second-order valence-corrected chi connectivity index (χ2v) is 8.61. The molecule has 0 atom stereocenters. The molecule has 0 saturated carbocycles. The van der Waals surface area contributed by atoms with Crippen LogP contribution in [-0.4, -0.2) is 29.0 Å². The van der Waals surface area contributed by atoms with Gasteiger partial charge in [-0.05, 0) is 74.0 Å². The molecule has 3 N–H and O–H groups in total. The summed E-state index contributed by atoms with van der Waals surface area (Å²) in [4.78, 5) is 38.5. The molecule has 1 aromatic heterocycles. The monoisotopic (exact) mass is 534 g/mol. The number of anilines is 2. The number of fused-ring (bicyclic) bond motifs is 1. The van der Waals surface area contributed by atoms with E-state index in [1.165, 1.54) is 4.68 Å². The van der Waals surface area contributed by atoms with Crippen LogP contribution in [0.25, 0.3) is 10.9 Å². The van der Waals surface area contributed by atoms with Gasteiger partial charge in [0, 0.05) is 21.2 Å². The second kappa shape index (κ2) is 10.4. The summed E-state index contributed by atoms with van der Waals surface area (Å²) in [6.45, 7) is 4.28. The predicted octanol–water partition coefficient (Wildman–Crippen LogP) is 5.07. The maximum atomic E-state index is 13.2. The van der Waals surface area contributed by atoms with Gasteiger partial charge in [-0.15, -0.1) is 0 Å². The van der Waals surface area contributed by atoms with Gasteiger partial charge in [-0.2, -0.15) is 0 Å². The molecule has 0 radical (unpaired) electrons. The van der Waals surface area contributed by atoms with Gasteiger partial charge in [-0.1, -0.05) is 34.1 Å². The fraction of sp³-hybridized carbons (Fsp3) is 0.115. The number of nitrogens with one attached hydrogen (secondary N) is 3. The summed E-state index contributed by atoms with van der Waals surface area (Å²) in [5, 5.41) is 6.12. The molecule has 4 aromatic rings. The number of hydrogen-bond donors (Lipinski definition) is 3. The van der Waals surface area contributed by atoms with Crippen LogP contribution in [0.1, 0.15) is 23.0 Å². The molecule has 0 spiro atoms. The van der Waals surface area contributed by atoms with Gasteiger partial charge in [-0.25, -0.2) is 4.68 Å². The maximum absolute atomic E-state index is 13.2. The Balaban J connectivity index is 1.58. The molecule has 0 aliphatic carbocycles. The minimum Gasteiger partial charge on any atom is -0.494 e. The highest BCUT2D eigenvalue weighted by Crippen LogP contribution is 2.24. The third-order valence-corrected chi connectivity index (χ3v) is 5.73. The molecule has 0 aliphatic heterocycles. The number of hydrogen-bond acceptors (Lipinski definition) is 4. The molecule has 3 aromatic carbocycles. The summed E-state index contributed by atoms with van der Waals surface area (Å²) in [7, 11) is 0. The third kappa shape index (κ3) is 5.52. The molecule has 4 rings (SSSR count). The first-order valence-electron chi connectivity index (χ1n) is 10.9. The van der Waals surface area contributed by atoms with Gasteiger partial charge in [0.2, 0.25) is 0 Å². The molecule has 0 aliphatic rings. The molecular formula is C26H23BrN4O4. The first kappa shape index (κ1) is 24.0. The lowest BCUT2D eigenvalue weighted by atomic mass is 10.2. The molecule has 3 amide bonds. The van der Waals surface area contributed by atoms with Crippen LogP contribution in [-0.2, 0) is 9.59 Å². The fourth-order valence-electron chi connectivity index (χ4n) is 3.51. The second-order valence-electron chi connectivity index (χ2n) is 7.69. The Hall–Kier alpha value is -4.11. The summed E-state index contributed by atoms with van der Waals surface area (Å²) in [5.41, 5.74) is 5.26. The Kier molecular flexibility index (Phi) is 7.17. The fourth-order valence-corrected chi connectivity index (χ4v) is 3.89. The Bertz CT molecular complexity index is 1410. The number of para-hydroxylation sites is 1. The van der Waals surface area contributed by atoms with Crippen molar-refractivity contribution < 1.29 is 19.1 Å². The number of amides is 3. The van der Waals surface area contributed by atoms with Crippen molar-refractivity contribution in [2.45, 2.75) is 13.8 Å². The number of nitrogens with zero attached hydrogens (tertiary/aromatic N) is 1. The molecule has 178 valence electrons. The zero-order valence-corrected chi connectivity index (χ0v) is 20.7. The van der Waals surface area contributed by atoms with E-state index in [9.17, 15) is 14.4 Å². The smallest absolute Gasteiger partial charge is 0.328 e.